The lowest BCUT2D eigenvalue weighted by molar-refractivity contribution is 0.592. The third kappa shape index (κ3) is 3.92. The van der Waals surface area contributed by atoms with Gasteiger partial charge in [-0.1, -0.05) is 79.7 Å². The summed E-state index contributed by atoms with van der Waals surface area (Å²) in [5.74, 6) is 0.205. The SMILES string of the molecule is Cc1ccc(S(=O)(=O)N2CC=C(Sc3ccccc3)c3cccc(C(C)C)c32)cc1. The lowest BCUT2D eigenvalue weighted by atomic mass is 9.96. The van der Waals surface area contributed by atoms with E-state index in [9.17, 15) is 8.42 Å². The third-order valence-corrected chi connectivity index (χ3v) is 8.12. The van der Waals surface area contributed by atoms with Crippen LogP contribution in [0.4, 0.5) is 5.69 Å². The van der Waals surface area contributed by atoms with Gasteiger partial charge < -0.3 is 0 Å². The molecule has 3 aromatic rings. The number of anilines is 1. The fraction of sp³-hybridized carbons (Fsp3) is 0.200. The van der Waals surface area contributed by atoms with Crippen molar-refractivity contribution in [1.29, 1.82) is 0 Å². The second-order valence-electron chi connectivity index (χ2n) is 7.73. The molecule has 1 heterocycles. The van der Waals surface area contributed by atoms with Gasteiger partial charge in [-0.05, 0) is 48.7 Å². The molecule has 0 fully saturated rings. The Balaban J connectivity index is 1.83. The Hall–Kier alpha value is -2.50. The maximum Gasteiger partial charge on any atom is 0.264 e. The van der Waals surface area contributed by atoms with Crippen molar-refractivity contribution >= 4 is 32.4 Å². The van der Waals surface area contributed by atoms with Gasteiger partial charge in [0.25, 0.3) is 10.0 Å². The van der Waals surface area contributed by atoms with Crippen LogP contribution in [0.1, 0.15) is 36.5 Å². The van der Waals surface area contributed by atoms with Gasteiger partial charge in [-0.15, -0.1) is 0 Å². The zero-order valence-electron chi connectivity index (χ0n) is 17.4. The van der Waals surface area contributed by atoms with Crippen LogP contribution >= 0.6 is 11.8 Å². The van der Waals surface area contributed by atoms with Gasteiger partial charge in [-0.2, -0.15) is 0 Å². The zero-order chi connectivity index (χ0) is 21.3. The molecule has 0 aliphatic carbocycles. The van der Waals surface area contributed by atoms with Crippen molar-refractivity contribution < 1.29 is 8.42 Å². The van der Waals surface area contributed by atoms with Crippen LogP contribution in [0.3, 0.4) is 0 Å². The van der Waals surface area contributed by atoms with E-state index in [1.807, 2.05) is 61.5 Å². The van der Waals surface area contributed by atoms with Crippen LogP contribution in [0.15, 0.2) is 88.7 Å². The molecule has 0 unspecified atom stereocenters. The monoisotopic (exact) mass is 435 g/mol. The molecule has 0 spiro atoms. The van der Waals surface area contributed by atoms with E-state index in [2.05, 4.69) is 26.0 Å². The molecule has 154 valence electrons. The molecule has 0 saturated carbocycles. The van der Waals surface area contributed by atoms with Crippen LogP contribution in [0.5, 0.6) is 0 Å². The van der Waals surface area contributed by atoms with Crippen molar-refractivity contribution in [2.24, 2.45) is 0 Å². The van der Waals surface area contributed by atoms with Crippen molar-refractivity contribution in [3.05, 3.63) is 95.6 Å². The van der Waals surface area contributed by atoms with Crippen LogP contribution in [0.2, 0.25) is 0 Å². The summed E-state index contributed by atoms with van der Waals surface area (Å²) in [5, 5.41) is 0. The van der Waals surface area contributed by atoms with Crippen molar-refractivity contribution in [3.8, 4) is 0 Å². The molecular weight excluding hydrogens is 410 g/mol. The summed E-state index contributed by atoms with van der Waals surface area (Å²) >= 11 is 1.68. The first-order valence-electron chi connectivity index (χ1n) is 10.0. The molecule has 0 saturated heterocycles. The fourth-order valence-corrected chi connectivity index (χ4v) is 6.07. The van der Waals surface area contributed by atoms with E-state index in [4.69, 9.17) is 0 Å². The first-order valence-corrected chi connectivity index (χ1v) is 12.3. The van der Waals surface area contributed by atoms with Gasteiger partial charge in [-0.3, -0.25) is 4.31 Å². The molecule has 0 atom stereocenters. The molecule has 4 rings (SSSR count). The number of thioether (sulfide) groups is 1. The first-order chi connectivity index (χ1) is 14.4. The van der Waals surface area contributed by atoms with Gasteiger partial charge in [0.05, 0.1) is 17.1 Å². The zero-order valence-corrected chi connectivity index (χ0v) is 19.0. The second-order valence-corrected chi connectivity index (χ2v) is 10.7. The summed E-state index contributed by atoms with van der Waals surface area (Å²) in [7, 11) is -3.67. The van der Waals surface area contributed by atoms with Gasteiger partial charge in [0.15, 0.2) is 0 Å². The molecule has 3 aromatic carbocycles. The first kappa shape index (κ1) is 20.8. The van der Waals surface area contributed by atoms with E-state index < -0.39 is 10.0 Å². The summed E-state index contributed by atoms with van der Waals surface area (Å²) in [4.78, 5) is 2.55. The summed E-state index contributed by atoms with van der Waals surface area (Å²) in [5.41, 5.74) is 3.85. The Bertz CT molecular complexity index is 1180. The third-order valence-electron chi connectivity index (χ3n) is 5.23. The van der Waals surface area contributed by atoms with E-state index in [0.29, 0.717) is 11.4 Å². The number of fused-ring (bicyclic) bond motifs is 1. The maximum atomic E-state index is 13.6. The van der Waals surface area contributed by atoms with E-state index in [-0.39, 0.29) is 5.92 Å². The summed E-state index contributed by atoms with van der Waals surface area (Å²) in [6, 6.07) is 23.4. The summed E-state index contributed by atoms with van der Waals surface area (Å²) in [6.07, 6.45) is 2.02. The van der Waals surface area contributed by atoms with Crippen LogP contribution in [0.25, 0.3) is 4.91 Å². The molecule has 0 N–H and O–H groups in total. The van der Waals surface area contributed by atoms with Crippen molar-refractivity contribution in [2.75, 3.05) is 10.8 Å². The number of hydrogen-bond acceptors (Lipinski definition) is 3. The van der Waals surface area contributed by atoms with E-state index in [0.717, 1.165) is 32.2 Å². The summed E-state index contributed by atoms with van der Waals surface area (Å²) < 4.78 is 28.7. The van der Waals surface area contributed by atoms with E-state index in [1.54, 1.807) is 28.2 Å². The number of benzene rings is 3. The standard InChI is InChI=1S/C25H25NO2S2/c1-18(2)22-10-7-11-23-24(29-20-8-5-4-6-9-20)16-17-26(25(22)23)30(27,28)21-14-12-19(3)13-15-21/h4-16,18H,17H2,1-3H3. The predicted octanol–water partition coefficient (Wildman–Crippen LogP) is 6.46. The van der Waals surface area contributed by atoms with Gasteiger partial charge in [0, 0.05) is 15.4 Å². The highest BCUT2D eigenvalue weighted by Gasteiger charge is 2.32. The average molecular weight is 436 g/mol. The number of para-hydroxylation sites is 1. The molecule has 30 heavy (non-hydrogen) atoms. The Morgan fingerprint density at radius 3 is 2.27 bits per heavy atom. The van der Waals surface area contributed by atoms with Gasteiger partial charge in [0.1, 0.15) is 0 Å². The summed E-state index contributed by atoms with van der Waals surface area (Å²) in [6.45, 7) is 6.49. The van der Waals surface area contributed by atoms with Crippen molar-refractivity contribution in [3.63, 3.8) is 0 Å². The molecule has 0 amide bonds. The van der Waals surface area contributed by atoms with Crippen LogP contribution in [0, 0.1) is 6.92 Å². The van der Waals surface area contributed by atoms with Gasteiger partial charge >= 0.3 is 0 Å². The van der Waals surface area contributed by atoms with Crippen LogP contribution in [-0.2, 0) is 10.0 Å². The topological polar surface area (TPSA) is 37.4 Å². The van der Waals surface area contributed by atoms with Crippen LogP contribution in [-0.4, -0.2) is 15.0 Å². The van der Waals surface area contributed by atoms with Crippen LogP contribution < -0.4 is 4.31 Å². The highest BCUT2D eigenvalue weighted by Crippen LogP contribution is 2.46. The molecule has 1 aliphatic rings. The van der Waals surface area contributed by atoms with Gasteiger partial charge in [0.2, 0.25) is 0 Å². The minimum atomic E-state index is -3.67. The Labute approximate surface area is 183 Å². The smallest absolute Gasteiger partial charge is 0.262 e. The lowest BCUT2D eigenvalue weighted by Crippen LogP contribution is -2.34. The minimum absolute atomic E-state index is 0.205. The number of hydrogen-bond donors (Lipinski definition) is 0. The Morgan fingerprint density at radius 2 is 1.60 bits per heavy atom. The largest absolute Gasteiger partial charge is 0.264 e. The molecule has 1 aliphatic heterocycles. The molecule has 3 nitrogen and oxygen atoms in total. The highest BCUT2D eigenvalue weighted by atomic mass is 32.2. The Morgan fingerprint density at radius 1 is 0.900 bits per heavy atom. The van der Waals surface area contributed by atoms with Gasteiger partial charge in [-0.25, -0.2) is 8.42 Å². The number of nitrogens with zero attached hydrogens (tertiary/aromatic N) is 1. The molecule has 0 radical (unpaired) electrons. The number of sulfonamides is 1. The molecule has 0 bridgehead atoms. The highest BCUT2D eigenvalue weighted by molar-refractivity contribution is 8.08. The molecule has 5 heteroatoms. The molecular formula is C25H25NO2S2. The van der Waals surface area contributed by atoms with E-state index in [1.165, 1.54) is 0 Å². The number of rotatable bonds is 5. The van der Waals surface area contributed by atoms with E-state index >= 15 is 0 Å². The predicted molar refractivity (Wildman–Crippen MR) is 127 cm³/mol. The maximum absolute atomic E-state index is 13.6. The fourth-order valence-electron chi connectivity index (χ4n) is 3.64. The van der Waals surface area contributed by atoms with Crippen molar-refractivity contribution in [2.45, 2.75) is 36.5 Å². The Kier molecular flexibility index (Phi) is 5.76. The lowest BCUT2D eigenvalue weighted by Gasteiger charge is -2.33. The quantitative estimate of drug-likeness (QED) is 0.461. The average Bonchev–Trinajstić information content (AvgIpc) is 2.74. The normalized spacial score (nSPS) is 13.9. The van der Waals surface area contributed by atoms with Crippen molar-refractivity contribution in [1.82, 2.24) is 0 Å². The minimum Gasteiger partial charge on any atom is -0.262 e. The number of aryl methyl sites for hydroxylation is 1. The second kappa shape index (κ2) is 8.32. The molecule has 0 aromatic heterocycles.